The number of hydrogen-bond acceptors (Lipinski definition) is 2. The van der Waals surface area contributed by atoms with Crippen LogP contribution in [0.15, 0.2) is 0 Å². The lowest BCUT2D eigenvalue weighted by molar-refractivity contribution is -0.123. The standard InChI is InChI=1S/C14H26N2O/c15-10-13(12-7-3-4-8-12)16-14(17)9-11-5-1-2-6-11/h11-13H,1-10,15H2,(H,16,17). The van der Waals surface area contributed by atoms with E-state index in [1.165, 1.54) is 51.4 Å². The van der Waals surface area contributed by atoms with Gasteiger partial charge in [-0.3, -0.25) is 4.79 Å². The zero-order valence-electron chi connectivity index (χ0n) is 10.8. The van der Waals surface area contributed by atoms with Gasteiger partial charge in [0, 0.05) is 19.0 Å². The van der Waals surface area contributed by atoms with Gasteiger partial charge in [0.15, 0.2) is 0 Å². The van der Waals surface area contributed by atoms with Crippen molar-refractivity contribution in [1.82, 2.24) is 5.32 Å². The van der Waals surface area contributed by atoms with Gasteiger partial charge in [-0.2, -0.15) is 0 Å². The van der Waals surface area contributed by atoms with Crippen molar-refractivity contribution in [2.24, 2.45) is 17.6 Å². The highest BCUT2D eigenvalue weighted by Crippen LogP contribution is 2.29. The van der Waals surface area contributed by atoms with Crippen LogP contribution >= 0.6 is 0 Å². The lowest BCUT2D eigenvalue weighted by atomic mass is 9.97. The van der Waals surface area contributed by atoms with E-state index in [0.717, 1.165) is 6.42 Å². The van der Waals surface area contributed by atoms with E-state index < -0.39 is 0 Å². The van der Waals surface area contributed by atoms with Crippen LogP contribution in [0.4, 0.5) is 0 Å². The van der Waals surface area contributed by atoms with Gasteiger partial charge in [0.05, 0.1) is 0 Å². The Morgan fingerprint density at radius 3 is 2.29 bits per heavy atom. The van der Waals surface area contributed by atoms with Crippen LogP contribution in [-0.2, 0) is 4.79 Å². The molecular weight excluding hydrogens is 212 g/mol. The summed E-state index contributed by atoms with van der Waals surface area (Å²) in [5.74, 6) is 1.50. The zero-order valence-corrected chi connectivity index (χ0v) is 10.8. The second-order valence-corrected chi connectivity index (χ2v) is 5.81. The molecule has 0 heterocycles. The maximum Gasteiger partial charge on any atom is 0.220 e. The molecule has 0 radical (unpaired) electrons. The lowest BCUT2D eigenvalue weighted by Crippen LogP contribution is -2.45. The van der Waals surface area contributed by atoms with Crippen LogP contribution in [-0.4, -0.2) is 18.5 Å². The van der Waals surface area contributed by atoms with Crippen LogP contribution in [0.5, 0.6) is 0 Å². The van der Waals surface area contributed by atoms with Crippen molar-refractivity contribution in [2.75, 3.05) is 6.54 Å². The Kier molecular flexibility index (Phi) is 4.84. The number of amides is 1. The third-order valence-electron chi connectivity index (χ3n) is 4.52. The average molecular weight is 238 g/mol. The summed E-state index contributed by atoms with van der Waals surface area (Å²) in [5.41, 5.74) is 5.79. The Morgan fingerprint density at radius 1 is 1.12 bits per heavy atom. The fraction of sp³-hybridized carbons (Fsp3) is 0.929. The summed E-state index contributed by atoms with van der Waals surface area (Å²) >= 11 is 0. The van der Waals surface area contributed by atoms with Crippen LogP contribution in [0.3, 0.4) is 0 Å². The Morgan fingerprint density at radius 2 is 1.71 bits per heavy atom. The van der Waals surface area contributed by atoms with Gasteiger partial charge in [-0.05, 0) is 37.5 Å². The van der Waals surface area contributed by atoms with Gasteiger partial charge in [-0.25, -0.2) is 0 Å². The van der Waals surface area contributed by atoms with Gasteiger partial charge in [-0.1, -0.05) is 25.7 Å². The monoisotopic (exact) mass is 238 g/mol. The predicted octanol–water partition coefficient (Wildman–Crippen LogP) is 2.20. The van der Waals surface area contributed by atoms with Crippen molar-refractivity contribution in [3.8, 4) is 0 Å². The quantitative estimate of drug-likeness (QED) is 0.771. The lowest BCUT2D eigenvalue weighted by Gasteiger charge is -2.23. The molecule has 1 amide bonds. The van der Waals surface area contributed by atoms with Crippen molar-refractivity contribution in [3.63, 3.8) is 0 Å². The summed E-state index contributed by atoms with van der Waals surface area (Å²) in [4.78, 5) is 12.0. The third-order valence-corrected chi connectivity index (χ3v) is 4.52. The number of carbonyl (C=O) groups excluding carboxylic acids is 1. The first-order valence-corrected chi connectivity index (χ1v) is 7.29. The number of carbonyl (C=O) groups is 1. The topological polar surface area (TPSA) is 55.1 Å². The molecule has 0 aliphatic heterocycles. The summed E-state index contributed by atoms with van der Waals surface area (Å²) in [7, 11) is 0. The average Bonchev–Trinajstić information content (AvgIpc) is 2.97. The van der Waals surface area contributed by atoms with Gasteiger partial charge in [-0.15, -0.1) is 0 Å². The van der Waals surface area contributed by atoms with E-state index in [4.69, 9.17) is 5.73 Å². The van der Waals surface area contributed by atoms with Gasteiger partial charge in [0.25, 0.3) is 0 Å². The first kappa shape index (κ1) is 12.9. The van der Waals surface area contributed by atoms with Gasteiger partial charge >= 0.3 is 0 Å². The van der Waals surface area contributed by atoms with Gasteiger partial charge in [0.1, 0.15) is 0 Å². The predicted molar refractivity (Wildman–Crippen MR) is 69.5 cm³/mol. The van der Waals surface area contributed by atoms with Crippen LogP contribution in [0.1, 0.15) is 57.8 Å². The molecule has 2 fully saturated rings. The highest BCUT2D eigenvalue weighted by Gasteiger charge is 2.26. The molecule has 0 saturated heterocycles. The summed E-state index contributed by atoms with van der Waals surface area (Å²) < 4.78 is 0. The molecule has 0 aromatic heterocycles. The molecule has 0 spiro atoms. The van der Waals surface area contributed by atoms with E-state index in [0.29, 0.717) is 18.4 Å². The van der Waals surface area contributed by atoms with E-state index in [1.807, 2.05) is 0 Å². The number of nitrogens with one attached hydrogen (secondary N) is 1. The summed E-state index contributed by atoms with van der Waals surface area (Å²) in [6.45, 7) is 0.598. The normalized spacial score (nSPS) is 24.1. The Hall–Kier alpha value is -0.570. The first-order valence-electron chi connectivity index (χ1n) is 7.29. The molecule has 17 heavy (non-hydrogen) atoms. The van der Waals surface area contributed by atoms with Crippen molar-refractivity contribution in [2.45, 2.75) is 63.8 Å². The molecule has 2 aliphatic carbocycles. The van der Waals surface area contributed by atoms with Gasteiger partial charge in [0.2, 0.25) is 5.91 Å². The fourth-order valence-corrected chi connectivity index (χ4v) is 3.47. The molecule has 0 aromatic carbocycles. The maximum atomic E-state index is 12.0. The molecule has 3 N–H and O–H groups in total. The molecule has 0 aromatic rings. The Bertz CT molecular complexity index is 243. The second-order valence-electron chi connectivity index (χ2n) is 5.81. The fourth-order valence-electron chi connectivity index (χ4n) is 3.47. The van der Waals surface area contributed by atoms with E-state index in [1.54, 1.807) is 0 Å². The highest BCUT2D eigenvalue weighted by atomic mass is 16.1. The molecule has 1 unspecified atom stereocenters. The molecule has 98 valence electrons. The van der Waals surface area contributed by atoms with E-state index in [9.17, 15) is 4.79 Å². The minimum absolute atomic E-state index is 0.228. The van der Waals surface area contributed by atoms with Crippen LogP contribution in [0.25, 0.3) is 0 Å². The molecule has 3 nitrogen and oxygen atoms in total. The van der Waals surface area contributed by atoms with Crippen molar-refractivity contribution >= 4 is 5.91 Å². The van der Waals surface area contributed by atoms with Crippen LogP contribution in [0, 0.1) is 11.8 Å². The molecule has 1 atom stereocenters. The number of nitrogens with two attached hydrogens (primary N) is 1. The van der Waals surface area contributed by atoms with Crippen LogP contribution in [0.2, 0.25) is 0 Å². The van der Waals surface area contributed by atoms with E-state index in [-0.39, 0.29) is 11.9 Å². The van der Waals surface area contributed by atoms with E-state index >= 15 is 0 Å². The van der Waals surface area contributed by atoms with Crippen molar-refractivity contribution in [3.05, 3.63) is 0 Å². The minimum atomic E-state index is 0.228. The maximum absolute atomic E-state index is 12.0. The SMILES string of the molecule is NCC(NC(=O)CC1CCCC1)C1CCCC1. The Balaban J connectivity index is 1.74. The second kappa shape index (κ2) is 6.39. The zero-order chi connectivity index (χ0) is 12.1. The highest BCUT2D eigenvalue weighted by molar-refractivity contribution is 5.76. The number of rotatable bonds is 5. The number of hydrogen-bond donors (Lipinski definition) is 2. The minimum Gasteiger partial charge on any atom is -0.352 e. The van der Waals surface area contributed by atoms with Crippen molar-refractivity contribution < 1.29 is 4.79 Å². The summed E-state index contributed by atoms with van der Waals surface area (Å²) in [5, 5.41) is 3.17. The Labute approximate surface area is 105 Å². The molecule has 0 bridgehead atoms. The van der Waals surface area contributed by atoms with E-state index in [2.05, 4.69) is 5.32 Å². The largest absolute Gasteiger partial charge is 0.352 e. The van der Waals surface area contributed by atoms with Crippen LogP contribution < -0.4 is 11.1 Å². The van der Waals surface area contributed by atoms with Crippen molar-refractivity contribution in [1.29, 1.82) is 0 Å². The third kappa shape index (κ3) is 3.70. The molecule has 3 heteroatoms. The molecular formula is C14H26N2O. The first-order chi connectivity index (χ1) is 8.29. The molecule has 2 saturated carbocycles. The summed E-state index contributed by atoms with van der Waals surface area (Å²) in [6.07, 6.45) is 10.9. The molecule has 2 aliphatic rings. The summed E-state index contributed by atoms with van der Waals surface area (Å²) in [6, 6.07) is 0.228. The smallest absolute Gasteiger partial charge is 0.220 e. The van der Waals surface area contributed by atoms with Gasteiger partial charge < -0.3 is 11.1 Å². The molecule has 2 rings (SSSR count).